The van der Waals surface area contributed by atoms with Crippen LogP contribution in [0.3, 0.4) is 0 Å². The highest BCUT2D eigenvalue weighted by molar-refractivity contribution is 6.59. The average molecular weight is 400 g/mol. The van der Waals surface area contributed by atoms with E-state index >= 15 is 0 Å². The van der Waals surface area contributed by atoms with Crippen molar-refractivity contribution in [2.45, 2.75) is 19.6 Å². The van der Waals surface area contributed by atoms with Gasteiger partial charge in [0.2, 0.25) is 5.52 Å². The lowest BCUT2D eigenvalue weighted by Gasteiger charge is -2.17. The Morgan fingerprint density at radius 1 is 0.967 bits per heavy atom. The minimum absolute atomic E-state index is 0.503. The van der Waals surface area contributed by atoms with Gasteiger partial charge in [0.1, 0.15) is 0 Å². The maximum Gasteiger partial charge on any atom is 0.488 e. The van der Waals surface area contributed by atoms with Crippen molar-refractivity contribution in [2.75, 3.05) is 14.1 Å². The highest BCUT2D eigenvalue weighted by Gasteiger charge is 2.22. The summed E-state index contributed by atoms with van der Waals surface area (Å²) in [4.78, 5) is 2.04. The maximum absolute atomic E-state index is 9.90. The van der Waals surface area contributed by atoms with Crippen molar-refractivity contribution >= 4 is 34.3 Å². The molecule has 5 nitrogen and oxygen atoms in total. The van der Waals surface area contributed by atoms with Gasteiger partial charge in [-0.05, 0) is 42.8 Å². The molecule has 0 aliphatic rings. The lowest BCUT2D eigenvalue weighted by Crippen LogP contribution is -2.39. The summed E-state index contributed by atoms with van der Waals surface area (Å²) >= 11 is 0. The summed E-state index contributed by atoms with van der Waals surface area (Å²) in [7, 11) is 2.47. The molecule has 30 heavy (non-hydrogen) atoms. The van der Waals surface area contributed by atoms with Crippen molar-refractivity contribution in [1.82, 2.24) is 4.90 Å². The van der Waals surface area contributed by atoms with Gasteiger partial charge in [0.05, 0.1) is 5.39 Å². The summed E-state index contributed by atoms with van der Waals surface area (Å²) in [5.41, 5.74) is 10.7. The van der Waals surface area contributed by atoms with Crippen LogP contribution in [0.1, 0.15) is 16.7 Å². The van der Waals surface area contributed by atoms with E-state index in [1.807, 2.05) is 31.1 Å². The molecule has 0 aliphatic carbocycles. The number of aromatic nitrogens is 1. The maximum atomic E-state index is 9.90. The molecule has 4 aromatic rings. The smallest absolute Gasteiger partial charge is 0.423 e. The Bertz CT molecular complexity index is 1210. The zero-order chi connectivity index (χ0) is 21.3. The highest BCUT2D eigenvalue weighted by atomic mass is 16.4. The molecule has 4 N–H and O–H groups in total. The lowest BCUT2D eigenvalue weighted by atomic mass is 9.75. The number of pyridine rings is 1. The molecule has 3 aromatic carbocycles. The topological polar surface area (TPSA) is 73.6 Å². The third kappa shape index (κ3) is 3.95. The van der Waals surface area contributed by atoms with E-state index in [0.717, 1.165) is 27.6 Å². The number of nitrogens with two attached hydrogens (primary N) is 1. The molecule has 0 fully saturated rings. The second-order valence-corrected chi connectivity index (χ2v) is 8.00. The Kier molecular flexibility index (Phi) is 5.84. The van der Waals surface area contributed by atoms with Gasteiger partial charge in [-0.3, -0.25) is 0 Å². The molecule has 152 valence electrons. The number of nitrogens with zero attached hydrogens (tertiary/aromatic N) is 2. The number of fused-ring (bicyclic) bond motifs is 3. The molecule has 4 rings (SSSR count). The van der Waals surface area contributed by atoms with Crippen molar-refractivity contribution < 1.29 is 14.6 Å². The van der Waals surface area contributed by atoms with Crippen LogP contribution in [-0.2, 0) is 19.6 Å². The van der Waals surface area contributed by atoms with E-state index in [-0.39, 0.29) is 0 Å². The Labute approximate surface area is 177 Å². The molecule has 1 aromatic heterocycles. The van der Waals surface area contributed by atoms with E-state index in [1.54, 1.807) is 6.07 Å². The number of benzene rings is 3. The highest BCUT2D eigenvalue weighted by Crippen LogP contribution is 2.24. The summed E-state index contributed by atoms with van der Waals surface area (Å²) in [6.07, 6.45) is 2.17. The summed E-state index contributed by atoms with van der Waals surface area (Å²) in [6, 6.07) is 20.5. The van der Waals surface area contributed by atoms with Gasteiger partial charge in [-0.25, -0.2) is 0 Å². The standard InChI is InChI=1S/C24H27BN3O2/c1-27(2)16-22-19(7-5-9-23(22)25(29)30)15-28-14-18-6-3-4-8-20(18)21-12-17(13-26)10-11-24(21)28/h3-12,14,29-30H,13,15-16,26H2,1-2H3/q+1. The Morgan fingerprint density at radius 2 is 1.77 bits per heavy atom. The van der Waals surface area contributed by atoms with Crippen molar-refractivity contribution in [3.05, 3.63) is 83.6 Å². The average Bonchev–Trinajstić information content (AvgIpc) is 2.74. The molecule has 1 heterocycles. The van der Waals surface area contributed by atoms with Gasteiger partial charge < -0.3 is 20.7 Å². The van der Waals surface area contributed by atoms with E-state index in [2.05, 4.69) is 53.2 Å². The number of rotatable bonds is 6. The Hall–Kier alpha value is -2.77. The van der Waals surface area contributed by atoms with Crippen LogP contribution >= 0.6 is 0 Å². The molecule has 0 spiro atoms. The molecule has 0 unspecified atom stereocenters. The Balaban J connectivity index is 1.91. The first-order valence-electron chi connectivity index (χ1n) is 10.1. The molecular weight excluding hydrogens is 373 g/mol. The van der Waals surface area contributed by atoms with Gasteiger partial charge >= 0.3 is 7.12 Å². The van der Waals surface area contributed by atoms with Gasteiger partial charge in [0.15, 0.2) is 12.7 Å². The monoisotopic (exact) mass is 400 g/mol. The van der Waals surface area contributed by atoms with Gasteiger partial charge in [0, 0.05) is 35.5 Å². The van der Waals surface area contributed by atoms with E-state index in [4.69, 9.17) is 5.73 Å². The van der Waals surface area contributed by atoms with Crippen LogP contribution in [0, 0.1) is 0 Å². The zero-order valence-electron chi connectivity index (χ0n) is 17.4. The van der Waals surface area contributed by atoms with Crippen LogP contribution in [0.25, 0.3) is 21.7 Å². The first kappa shape index (κ1) is 20.5. The normalized spacial score (nSPS) is 11.5. The van der Waals surface area contributed by atoms with Crippen LogP contribution in [0.5, 0.6) is 0 Å². The van der Waals surface area contributed by atoms with Crippen molar-refractivity contribution in [1.29, 1.82) is 0 Å². The molecule has 6 heteroatoms. The third-order valence-corrected chi connectivity index (χ3v) is 5.55. The molecule has 0 amide bonds. The predicted molar refractivity (Wildman–Crippen MR) is 122 cm³/mol. The largest absolute Gasteiger partial charge is 0.488 e. The fourth-order valence-corrected chi connectivity index (χ4v) is 4.14. The summed E-state index contributed by atoms with van der Waals surface area (Å²) in [6.45, 7) is 1.77. The SMILES string of the molecule is CN(C)Cc1c(C[n+]2cc3ccccc3c3cc(CN)ccc32)cccc1B(O)O. The first-order chi connectivity index (χ1) is 14.5. The van der Waals surface area contributed by atoms with E-state index < -0.39 is 7.12 Å². The fraction of sp³-hybridized carbons (Fsp3) is 0.208. The second kappa shape index (κ2) is 8.54. The van der Waals surface area contributed by atoms with E-state index in [1.165, 1.54) is 10.8 Å². The van der Waals surface area contributed by atoms with Crippen LogP contribution in [0.2, 0.25) is 0 Å². The molecule has 0 atom stereocenters. The summed E-state index contributed by atoms with van der Waals surface area (Å²) in [5, 5.41) is 23.3. The van der Waals surface area contributed by atoms with Gasteiger partial charge in [0.25, 0.3) is 0 Å². The van der Waals surface area contributed by atoms with Gasteiger partial charge in [-0.1, -0.05) is 42.5 Å². The molecule has 0 bridgehead atoms. The molecule has 0 saturated heterocycles. The zero-order valence-corrected chi connectivity index (χ0v) is 17.4. The van der Waals surface area contributed by atoms with E-state index in [9.17, 15) is 10.0 Å². The second-order valence-electron chi connectivity index (χ2n) is 8.00. The quantitative estimate of drug-likeness (QED) is 0.261. The van der Waals surface area contributed by atoms with Crippen molar-refractivity contribution in [3.63, 3.8) is 0 Å². The van der Waals surface area contributed by atoms with Crippen LogP contribution in [-0.4, -0.2) is 36.2 Å². The molecule has 0 aliphatic heterocycles. The Morgan fingerprint density at radius 3 is 2.50 bits per heavy atom. The van der Waals surface area contributed by atoms with Crippen LogP contribution in [0.4, 0.5) is 0 Å². The summed E-state index contributed by atoms with van der Waals surface area (Å²) in [5.74, 6) is 0. The molecule has 0 radical (unpaired) electrons. The van der Waals surface area contributed by atoms with Gasteiger partial charge in [-0.2, -0.15) is 4.57 Å². The van der Waals surface area contributed by atoms with Crippen molar-refractivity contribution in [2.24, 2.45) is 5.73 Å². The minimum atomic E-state index is -1.50. The van der Waals surface area contributed by atoms with Crippen LogP contribution < -0.4 is 15.8 Å². The predicted octanol–water partition coefficient (Wildman–Crippen LogP) is 1.53. The van der Waals surface area contributed by atoms with Gasteiger partial charge in [-0.15, -0.1) is 0 Å². The molecular formula is C24H27BN3O2+. The first-order valence-corrected chi connectivity index (χ1v) is 10.1. The van der Waals surface area contributed by atoms with Crippen molar-refractivity contribution in [3.8, 4) is 0 Å². The van der Waals surface area contributed by atoms with Crippen LogP contribution in [0.15, 0.2) is 66.9 Å². The molecule has 0 saturated carbocycles. The lowest BCUT2D eigenvalue weighted by molar-refractivity contribution is -0.661. The summed E-state index contributed by atoms with van der Waals surface area (Å²) < 4.78 is 2.24. The minimum Gasteiger partial charge on any atom is -0.423 e. The number of hydrogen-bond donors (Lipinski definition) is 3. The third-order valence-electron chi connectivity index (χ3n) is 5.55. The fourth-order valence-electron chi connectivity index (χ4n) is 4.14. The van der Waals surface area contributed by atoms with E-state index in [0.29, 0.717) is 25.1 Å². The number of hydrogen-bond acceptors (Lipinski definition) is 4.